The first kappa shape index (κ1) is 13.6. The fourth-order valence-electron chi connectivity index (χ4n) is 1.63. The molecule has 0 bridgehead atoms. The van der Waals surface area contributed by atoms with Gasteiger partial charge in [0.1, 0.15) is 11.0 Å². The van der Waals surface area contributed by atoms with Gasteiger partial charge in [-0.1, -0.05) is 41.7 Å². The molecule has 1 aromatic carbocycles. The van der Waals surface area contributed by atoms with Gasteiger partial charge in [-0.3, -0.25) is 0 Å². The highest BCUT2D eigenvalue weighted by molar-refractivity contribution is 6.35. The SMILES string of the molecule is CCc1nc(Cl)c(C)c(-c2cc(Cl)ccc2Cl)n1. The van der Waals surface area contributed by atoms with Crippen molar-refractivity contribution in [2.45, 2.75) is 20.3 Å². The largest absolute Gasteiger partial charge is 0.232 e. The molecule has 0 unspecified atom stereocenters. The number of aryl methyl sites for hydroxylation is 1. The first-order chi connectivity index (χ1) is 8.52. The predicted molar refractivity (Wildman–Crippen MR) is 76.6 cm³/mol. The van der Waals surface area contributed by atoms with Crippen molar-refractivity contribution in [2.24, 2.45) is 0 Å². The fraction of sp³-hybridized carbons (Fsp3) is 0.231. The molecule has 5 heteroatoms. The van der Waals surface area contributed by atoms with E-state index in [-0.39, 0.29) is 0 Å². The van der Waals surface area contributed by atoms with Gasteiger partial charge in [0.05, 0.1) is 10.7 Å². The second-order valence-corrected chi connectivity index (χ2v) is 5.08. The lowest BCUT2D eigenvalue weighted by atomic mass is 10.1. The number of rotatable bonds is 2. The molecule has 0 radical (unpaired) electrons. The molecule has 2 nitrogen and oxygen atoms in total. The van der Waals surface area contributed by atoms with E-state index in [2.05, 4.69) is 9.97 Å². The summed E-state index contributed by atoms with van der Waals surface area (Å²) in [7, 11) is 0. The highest BCUT2D eigenvalue weighted by Gasteiger charge is 2.13. The van der Waals surface area contributed by atoms with Gasteiger partial charge < -0.3 is 0 Å². The van der Waals surface area contributed by atoms with E-state index in [4.69, 9.17) is 34.8 Å². The second-order valence-electron chi connectivity index (χ2n) is 3.88. The number of benzene rings is 1. The smallest absolute Gasteiger partial charge is 0.136 e. The summed E-state index contributed by atoms with van der Waals surface area (Å²) in [6.45, 7) is 3.85. The third-order valence-corrected chi connectivity index (χ3v) is 3.57. The molecule has 0 N–H and O–H groups in total. The van der Waals surface area contributed by atoms with Gasteiger partial charge in [-0.2, -0.15) is 0 Å². The van der Waals surface area contributed by atoms with Gasteiger partial charge in [0.25, 0.3) is 0 Å². The molecule has 94 valence electrons. The quantitative estimate of drug-likeness (QED) is 0.731. The van der Waals surface area contributed by atoms with Gasteiger partial charge in [0.15, 0.2) is 0 Å². The summed E-state index contributed by atoms with van der Waals surface area (Å²) < 4.78 is 0. The van der Waals surface area contributed by atoms with E-state index in [1.165, 1.54) is 0 Å². The van der Waals surface area contributed by atoms with Gasteiger partial charge >= 0.3 is 0 Å². The summed E-state index contributed by atoms with van der Waals surface area (Å²) in [6.07, 6.45) is 0.713. The van der Waals surface area contributed by atoms with E-state index in [0.717, 1.165) is 16.8 Å². The zero-order chi connectivity index (χ0) is 13.3. The Balaban J connectivity index is 2.69. The van der Waals surface area contributed by atoms with E-state index in [0.29, 0.717) is 27.4 Å². The van der Waals surface area contributed by atoms with E-state index in [1.54, 1.807) is 18.2 Å². The molecule has 0 fully saturated rings. The van der Waals surface area contributed by atoms with Crippen molar-refractivity contribution in [3.8, 4) is 11.3 Å². The van der Waals surface area contributed by atoms with Crippen LogP contribution in [0.5, 0.6) is 0 Å². The van der Waals surface area contributed by atoms with Crippen molar-refractivity contribution in [1.29, 1.82) is 0 Å². The maximum atomic E-state index is 6.19. The van der Waals surface area contributed by atoms with Crippen LogP contribution in [-0.2, 0) is 6.42 Å². The Hall–Kier alpha value is -0.830. The number of halogens is 3. The van der Waals surface area contributed by atoms with Crippen LogP contribution in [0.2, 0.25) is 15.2 Å². The normalized spacial score (nSPS) is 10.7. The van der Waals surface area contributed by atoms with Crippen LogP contribution >= 0.6 is 34.8 Å². The van der Waals surface area contributed by atoms with E-state index in [1.807, 2.05) is 13.8 Å². The highest BCUT2D eigenvalue weighted by atomic mass is 35.5. The molecule has 0 spiro atoms. The third kappa shape index (κ3) is 2.61. The van der Waals surface area contributed by atoms with Crippen molar-refractivity contribution in [1.82, 2.24) is 9.97 Å². The maximum absolute atomic E-state index is 6.19. The molecule has 0 atom stereocenters. The average molecular weight is 302 g/mol. The summed E-state index contributed by atoms with van der Waals surface area (Å²) in [4.78, 5) is 8.69. The minimum Gasteiger partial charge on any atom is -0.232 e. The topological polar surface area (TPSA) is 25.8 Å². The fourth-order valence-corrected chi connectivity index (χ4v) is 2.20. The third-order valence-electron chi connectivity index (χ3n) is 2.63. The Labute approximate surface area is 121 Å². The lowest BCUT2D eigenvalue weighted by Crippen LogP contribution is -1.99. The molecule has 0 aliphatic carbocycles. The summed E-state index contributed by atoms with van der Waals surface area (Å²) in [6, 6.07) is 5.28. The van der Waals surface area contributed by atoms with Gasteiger partial charge in [0, 0.05) is 22.6 Å². The Kier molecular flexibility index (Phi) is 4.10. The average Bonchev–Trinajstić information content (AvgIpc) is 2.35. The number of hydrogen-bond acceptors (Lipinski definition) is 2. The van der Waals surface area contributed by atoms with Crippen molar-refractivity contribution in [2.75, 3.05) is 0 Å². The van der Waals surface area contributed by atoms with Gasteiger partial charge in [-0.15, -0.1) is 0 Å². The Morgan fingerprint density at radius 3 is 2.50 bits per heavy atom. The maximum Gasteiger partial charge on any atom is 0.136 e. The molecule has 0 saturated heterocycles. The molecule has 0 aliphatic heterocycles. The zero-order valence-electron chi connectivity index (χ0n) is 9.97. The van der Waals surface area contributed by atoms with Crippen LogP contribution in [0.4, 0.5) is 0 Å². The van der Waals surface area contributed by atoms with Crippen LogP contribution in [0.25, 0.3) is 11.3 Å². The van der Waals surface area contributed by atoms with Crippen molar-refractivity contribution in [3.63, 3.8) is 0 Å². The van der Waals surface area contributed by atoms with Gasteiger partial charge in [-0.05, 0) is 25.1 Å². The Bertz CT molecular complexity index is 597. The first-order valence-corrected chi connectivity index (χ1v) is 6.64. The monoisotopic (exact) mass is 300 g/mol. The lowest BCUT2D eigenvalue weighted by Gasteiger charge is -2.10. The minimum atomic E-state index is 0.452. The minimum absolute atomic E-state index is 0.452. The molecule has 2 aromatic rings. The van der Waals surface area contributed by atoms with Crippen LogP contribution in [0.1, 0.15) is 18.3 Å². The Morgan fingerprint density at radius 1 is 1.11 bits per heavy atom. The number of aromatic nitrogens is 2. The van der Waals surface area contributed by atoms with E-state index in [9.17, 15) is 0 Å². The van der Waals surface area contributed by atoms with E-state index >= 15 is 0 Å². The second kappa shape index (κ2) is 5.43. The highest BCUT2D eigenvalue weighted by Crippen LogP contribution is 2.33. The van der Waals surface area contributed by atoms with E-state index < -0.39 is 0 Å². The molecular weight excluding hydrogens is 291 g/mol. The van der Waals surface area contributed by atoms with Crippen LogP contribution in [0.3, 0.4) is 0 Å². The van der Waals surface area contributed by atoms with Crippen molar-refractivity contribution >= 4 is 34.8 Å². The summed E-state index contributed by atoms with van der Waals surface area (Å²) >= 11 is 18.3. The molecule has 18 heavy (non-hydrogen) atoms. The standard InChI is InChI=1S/C13H11Cl3N2/c1-3-11-17-12(7(2)13(16)18-11)9-6-8(14)4-5-10(9)15/h4-6H,3H2,1-2H3. The predicted octanol–water partition coefficient (Wildman–Crippen LogP) is 4.97. The molecule has 0 amide bonds. The molecule has 1 heterocycles. The number of nitrogens with zero attached hydrogens (tertiary/aromatic N) is 2. The van der Waals surface area contributed by atoms with Crippen molar-refractivity contribution in [3.05, 3.63) is 44.8 Å². The van der Waals surface area contributed by atoms with Crippen LogP contribution in [-0.4, -0.2) is 9.97 Å². The molecular formula is C13H11Cl3N2. The van der Waals surface area contributed by atoms with Crippen LogP contribution in [0.15, 0.2) is 18.2 Å². The molecule has 1 aromatic heterocycles. The summed E-state index contributed by atoms with van der Waals surface area (Å²) in [5, 5.41) is 1.66. The zero-order valence-corrected chi connectivity index (χ0v) is 12.2. The summed E-state index contributed by atoms with van der Waals surface area (Å²) in [5.74, 6) is 0.691. The number of hydrogen-bond donors (Lipinski definition) is 0. The summed E-state index contributed by atoms with van der Waals surface area (Å²) in [5.41, 5.74) is 2.32. The lowest BCUT2D eigenvalue weighted by molar-refractivity contribution is 0.934. The first-order valence-electron chi connectivity index (χ1n) is 5.51. The molecule has 0 aliphatic rings. The van der Waals surface area contributed by atoms with Gasteiger partial charge in [-0.25, -0.2) is 9.97 Å². The van der Waals surface area contributed by atoms with Crippen molar-refractivity contribution < 1.29 is 0 Å². The Morgan fingerprint density at radius 2 is 1.83 bits per heavy atom. The van der Waals surface area contributed by atoms with Crippen LogP contribution < -0.4 is 0 Å². The van der Waals surface area contributed by atoms with Crippen LogP contribution in [0, 0.1) is 6.92 Å². The molecule has 0 saturated carbocycles. The molecule has 2 rings (SSSR count). The van der Waals surface area contributed by atoms with Gasteiger partial charge in [0.2, 0.25) is 0 Å².